The molecule has 7 nitrogen and oxygen atoms in total. The van der Waals surface area contributed by atoms with Crippen molar-refractivity contribution in [1.82, 2.24) is 10.1 Å². The zero-order valence-electron chi connectivity index (χ0n) is 9.74. The van der Waals surface area contributed by atoms with E-state index in [0.29, 0.717) is 24.6 Å². The lowest BCUT2D eigenvalue weighted by atomic mass is 10.2. The zero-order chi connectivity index (χ0) is 12.5. The molecular weight excluding hydrogens is 240 g/mol. The normalized spacial score (nSPS) is 31.9. The number of carbonyl (C=O) groups is 1. The molecule has 1 aromatic heterocycles. The number of ether oxygens (including phenoxy) is 2. The minimum absolute atomic E-state index is 0.0980. The molecule has 18 heavy (non-hydrogen) atoms. The number of hydrogen-bond acceptors (Lipinski definition) is 6. The Morgan fingerprint density at radius 1 is 1.28 bits per heavy atom. The van der Waals surface area contributed by atoms with Crippen molar-refractivity contribution < 1.29 is 23.9 Å². The summed E-state index contributed by atoms with van der Waals surface area (Å²) < 4.78 is 15.9. The van der Waals surface area contributed by atoms with Crippen LogP contribution in [-0.2, 0) is 14.3 Å². The van der Waals surface area contributed by atoms with Crippen molar-refractivity contribution in [2.75, 3.05) is 6.61 Å². The fraction of sp³-hybridized carbons (Fsp3) is 0.727. The number of carboxylic acids is 1. The van der Waals surface area contributed by atoms with Crippen LogP contribution in [0, 0.1) is 0 Å². The highest BCUT2D eigenvalue weighted by Gasteiger charge is 2.35. The minimum Gasteiger partial charge on any atom is -0.479 e. The van der Waals surface area contributed by atoms with Crippen molar-refractivity contribution in [3.63, 3.8) is 0 Å². The molecule has 7 heteroatoms. The van der Waals surface area contributed by atoms with Gasteiger partial charge in [-0.25, -0.2) is 4.79 Å². The molecule has 3 atom stereocenters. The highest BCUT2D eigenvalue weighted by Crippen LogP contribution is 2.33. The molecule has 0 aliphatic carbocycles. The number of rotatable bonds is 3. The van der Waals surface area contributed by atoms with E-state index >= 15 is 0 Å². The fourth-order valence-electron chi connectivity index (χ4n) is 2.29. The maximum absolute atomic E-state index is 10.8. The highest BCUT2D eigenvalue weighted by molar-refractivity contribution is 5.72. The first-order valence-electron chi connectivity index (χ1n) is 6.07. The summed E-state index contributed by atoms with van der Waals surface area (Å²) in [6.07, 6.45) is 1.67. The molecule has 3 unspecified atom stereocenters. The van der Waals surface area contributed by atoms with Crippen LogP contribution >= 0.6 is 0 Å². The molecule has 3 heterocycles. The third kappa shape index (κ3) is 2.11. The molecular formula is C11H14N2O5. The van der Waals surface area contributed by atoms with Crippen molar-refractivity contribution in [1.29, 1.82) is 0 Å². The van der Waals surface area contributed by atoms with Gasteiger partial charge in [-0.15, -0.1) is 0 Å². The number of aliphatic carboxylic acids is 1. The van der Waals surface area contributed by atoms with Crippen LogP contribution in [0.2, 0.25) is 0 Å². The Bertz CT molecular complexity index is 440. The molecule has 0 amide bonds. The van der Waals surface area contributed by atoms with Gasteiger partial charge in [0.25, 0.3) is 5.89 Å². The van der Waals surface area contributed by atoms with Gasteiger partial charge in [0.15, 0.2) is 6.10 Å². The second kappa shape index (κ2) is 4.66. The quantitative estimate of drug-likeness (QED) is 0.866. The van der Waals surface area contributed by atoms with E-state index in [1.807, 2.05) is 0 Å². The summed E-state index contributed by atoms with van der Waals surface area (Å²) >= 11 is 0. The van der Waals surface area contributed by atoms with Gasteiger partial charge in [0.05, 0.1) is 0 Å². The Morgan fingerprint density at radius 2 is 2.17 bits per heavy atom. The molecule has 0 spiro atoms. The van der Waals surface area contributed by atoms with Gasteiger partial charge < -0.3 is 19.1 Å². The molecule has 3 rings (SSSR count). The second-order valence-electron chi connectivity index (χ2n) is 4.52. The largest absolute Gasteiger partial charge is 0.479 e. The highest BCUT2D eigenvalue weighted by atomic mass is 16.6. The van der Waals surface area contributed by atoms with Crippen LogP contribution in [0.4, 0.5) is 0 Å². The van der Waals surface area contributed by atoms with Gasteiger partial charge in [-0.05, 0) is 25.7 Å². The first-order valence-corrected chi connectivity index (χ1v) is 6.07. The monoisotopic (exact) mass is 254 g/mol. The number of aromatic nitrogens is 2. The lowest BCUT2D eigenvalue weighted by Gasteiger charge is -2.06. The van der Waals surface area contributed by atoms with Crippen LogP contribution in [0.5, 0.6) is 0 Å². The smallest absolute Gasteiger partial charge is 0.332 e. The maximum Gasteiger partial charge on any atom is 0.332 e. The van der Waals surface area contributed by atoms with Crippen LogP contribution in [0.15, 0.2) is 4.52 Å². The topological polar surface area (TPSA) is 94.7 Å². The van der Waals surface area contributed by atoms with Gasteiger partial charge in [0.1, 0.15) is 12.2 Å². The number of hydrogen-bond donors (Lipinski definition) is 1. The third-order valence-corrected chi connectivity index (χ3v) is 3.25. The van der Waals surface area contributed by atoms with Crippen LogP contribution in [0.25, 0.3) is 0 Å². The summed E-state index contributed by atoms with van der Waals surface area (Å²) in [5.41, 5.74) is 0. The van der Waals surface area contributed by atoms with Gasteiger partial charge in [-0.1, -0.05) is 5.16 Å². The summed E-state index contributed by atoms with van der Waals surface area (Å²) in [6, 6.07) is 0. The lowest BCUT2D eigenvalue weighted by molar-refractivity contribution is -0.150. The molecule has 0 radical (unpaired) electrons. The van der Waals surface area contributed by atoms with E-state index in [0.717, 1.165) is 19.4 Å². The van der Waals surface area contributed by atoms with Crippen molar-refractivity contribution in [3.8, 4) is 0 Å². The van der Waals surface area contributed by atoms with Gasteiger partial charge in [0.2, 0.25) is 5.82 Å². The zero-order valence-corrected chi connectivity index (χ0v) is 9.74. The molecule has 2 aliphatic rings. The van der Waals surface area contributed by atoms with Gasteiger partial charge >= 0.3 is 5.97 Å². The third-order valence-electron chi connectivity index (χ3n) is 3.25. The van der Waals surface area contributed by atoms with Crippen LogP contribution in [0.3, 0.4) is 0 Å². The lowest BCUT2D eigenvalue weighted by Crippen LogP contribution is -2.18. The number of carboxylic acid groups (broad SMARTS) is 1. The molecule has 98 valence electrons. The van der Waals surface area contributed by atoms with E-state index in [2.05, 4.69) is 10.1 Å². The average molecular weight is 254 g/mol. The Kier molecular flexibility index (Phi) is 3.00. The van der Waals surface area contributed by atoms with Gasteiger partial charge in [-0.2, -0.15) is 4.98 Å². The summed E-state index contributed by atoms with van der Waals surface area (Å²) in [5.74, 6) is -0.0644. The van der Waals surface area contributed by atoms with Gasteiger partial charge in [-0.3, -0.25) is 0 Å². The molecule has 0 aromatic carbocycles. The summed E-state index contributed by atoms with van der Waals surface area (Å²) in [5, 5.41) is 12.7. The van der Waals surface area contributed by atoms with E-state index in [1.165, 1.54) is 0 Å². The summed E-state index contributed by atoms with van der Waals surface area (Å²) in [7, 11) is 0. The van der Waals surface area contributed by atoms with E-state index in [-0.39, 0.29) is 6.10 Å². The van der Waals surface area contributed by atoms with E-state index < -0.39 is 18.2 Å². The van der Waals surface area contributed by atoms with E-state index in [9.17, 15) is 4.79 Å². The molecule has 0 bridgehead atoms. The summed E-state index contributed by atoms with van der Waals surface area (Å²) in [6.45, 7) is 0.718. The van der Waals surface area contributed by atoms with Crippen LogP contribution < -0.4 is 0 Å². The molecule has 2 aliphatic heterocycles. The molecule has 2 fully saturated rings. The minimum atomic E-state index is -0.948. The maximum atomic E-state index is 10.8. The Morgan fingerprint density at radius 3 is 2.83 bits per heavy atom. The first-order chi connectivity index (χ1) is 8.74. The van der Waals surface area contributed by atoms with Crippen LogP contribution in [0.1, 0.15) is 49.6 Å². The first kappa shape index (κ1) is 11.6. The fourth-order valence-corrected chi connectivity index (χ4v) is 2.29. The van der Waals surface area contributed by atoms with Crippen molar-refractivity contribution in [2.45, 2.75) is 44.0 Å². The predicted molar refractivity (Wildman–Crippen MR) is 56.7 cm³/mol. The van der Waals surface area contributed by atoms with E-state index in [1.54, 1.807) is 0 Å². The number of nitrogens with zero attached hydrogens (tertiary/aromatic N) is 2. The van der Waals surface area contributed by atoms with Crippen molar-refractivity contribution in [2.24, 2.45) is 0 Å². The van der Waals surface area contributed by atoms with Crippen molar-refractivity contribution in [3.05, 3.63) is 11.7 Å². The van der Waals surface area contributed by atoms with E-state index in [4.69, 9.17) is 19.1 Å². The average Bonchev–Trinajstić information content (AvgIpc) is 3.10. The molecule has 2 saturated heterocycles. The molecule has 1 N–H and O–H groups in total. The Hall–Kier alpha value is -1.47. The predicted octanol–water partition coefficient (Wildman–Crippen LogP) is 1.23. The molecule has 0 saturated carbocycles. The molecule has 1 aromatic rings. The summed E-state index contributed by atoms with van der Waals surface area (Å²) in [4.78, 5) is 15.0. The van der Waals surface area contributed by atoms with Gasteiger partial charge in [0, 0.05) is 6.61 Å². The van der Waals surface area contributed by atoms with Crippen molar-refractivity contribution >= 4 is 5.97 Å². The SMILES string of the molecule is O=C(O)C1CCC(c2nc(C3CCCO3)no2)O1. The standard InChI is InChI=1S/C11H14N2O5/c14-11(15)8-4-3-7(17-8)10-12-9(13-18-10)6-2-1-5-16-6/h6-8H,1-5H2,(H,14,15). The second-order valence-corrected chi connectivity index (χ2v) is 4.52. The van der Waals surface area contributed by atoms with Crippen LogP contribution in [-0.4, -0.2) is 33.9 Å². The Balaban J connectivity index is 1.68. The Labute approximate surface area is 103 Å².